The number of nitrogens with one attached hydrogen (secondary N) is 2. The van der Waals surface area contributed by atoms with Gasteiger partial charge in [0.05, 0.1) is 25.9 Å². The molecule has 1 heterocycles. The number of ether oxygens (including phenoxy) is 1. The van der Waals surface area contributed by atoms with Gasteiger partial charge in [0.2, 0.25) is 11.8 Å². The van der Waals surface area contributed by atoms with Crippen molar-refractivity contribution in [2.24, 2.45) is 0 Å². The van der Waals surface area contributed by atoms with Gasteiger partial charge in [0.15, 0.2) is 0 Å². The fraction of sp³-hybridized carbons (Fsp3) is 0.429. The van der Waals surface area contributed by atoms with Gasteiger partial charge in [-0.15, -0.1) is 0 Å². The second kappa shape index (κ2) is 6.91. The van der Waals surface area contributed by atoms with E-state index in [0.717, 1.165) is 13.0 Å². The van der Waals surface area contributed by atoms with Crippen LogP contribution in [0, 0.1) is 0 Å². The molecule has 0 saturated carbocycles. The number of hydrogen-bond donors (Lipinski definition) is 2. The fourth-order valence-corrected chi connectivity index (χ4v) is 2.10. The molecule has 0 unspecified atom stereocenters. The van der Waals surface area contributed by atoms with Gasteiger partial charge in [0, 0.05) is 6.54 Å². The van der Waals surface area contributed by atoms with Crippen LogP contribution >= 0.6 is 0 Å². The Kier molecular flexibility index (Phi) is 4.95. The van der Waals surface area contributed by atoms with Crippen LogP contribution in [0.4, 0.5) is 5.69 Å². The third-order valence-electron chi connectivity index (χ3n) is 3.13. The van der Waals surface area contributed by atoms with E-state index in [1.54, 1.807) is 24.1 Å². The van der Waals surface area contributed by atoms with Gasteiger partial charge in [0.1, 0.15) is 5.75 Å². The van der Waals surface area contributed by atoms with Gasteiger partial charge in [-0.25, -0.2) is 0 Å². The molecule has 6 nitrogen and oxygen atoms in total. The maximum atomic E-state index is 12.0. The van der Waals surface area contributed by atoms with Crippen LogP contribution in [0.2, 0.25) is 0 Å². The lowest BCUT2D eigenvalue weighted by atomic mass is 10.3. The molecule has 1 saturated heterocycles. The molecule has 0 bridgehead atoms. The Hall–Kier alpha value is -2.08. The maximum absolute atomic E-state index is 12.0. The van der Waals surface area contributed by atoms with Crippen LogP contribution in [0.25, 0.3) is 0 Å². The predicted molar refractivity (Wildman–Crippen MR) is 75.7 cm³/mol. The van der Waals surface area contributed by atoms with Crippen LogP contribution in [0.1, 0.15) is 6.42 Å². The van der Waals surface area contributed by atoms with E-state index in [2.05, 4.69) is 10.6 Å². The van der Waals surface area contributed by atoms with E-state index in [-0.39, 0.29) is 18.4 Å². The molecule has 6 heteroatoms. The number of rotatable bonds is 4. The molecule has 1 aliphatic rings. The number of nitrogens with zero attached hydrogens (tertiary/aromatic N) is 1. The van der Waals surface area contributed by atoms with Gasteiger partial charge in [-0.2, -0.15) is 0 Å². The van der Waals surface area contributed by atoms with Crippen molar-refractivity contribution in [1.82, 2.24) is 10.2 Å². The molecule has 0 aliphatic carbocycles. The number of carbonyl (C=O) groups is 2. The number of carbonyl (C=O) groups excluding carboxylic acids is 2. The summed E-state index contributed by atoms with van der Waals surface area (Å²) in [4.78, 5) is 25.4. The molecular formula is C14H19N3O3. The highest BCUT2D eigenvalue weighted by Crippen LogP contribution is 2.22. The van der Waals surface area contributed by atoms with Gasteiger partial charge in [-0.05, 0) is 25.1 Å². The summed E-state index contributed by atoms with van der Waals surface area (Å²) in [6, 6.07) is 7.19. The maximum Gasteiger partial charge on any atom is 0.244 e. The molecule has 0 radical (unpaired) electrons. The van der Waals surface area contributed by atoms with Crippen molar-refractivity contribution in [2.75, 3.05) is 38.6 Å². The summed E-state index contributed by atoms with van der Waals surface area (Å²) in [5.74, 6) is 0.340. The highest BCUT2D eigenvalue weighted by Gasteiger charge is 2.19. The average Bonchev–Trinajstić information content (AvgIpc) is 2.65. The molecule has 108 valence electrons. The summed E-state index contributed by atoms with van der Waals surface area (Å²) in [5, 5.41) is 5.80. The van der Waals surface area contributed by atoms with Crippen molar-refractivity contribution in [1.29, 1.82) is 0 Å². The van der Waals surface area contributed by atoms with Gasteiger partial charge >= 0.3 is 0 Å². The molecule has 20 heavy (non-hydrogen) atoms. The second-order valence-electron chi connectivity index (χ2n) is 4.59. The minimum absolute atomic E-state index is 0.0438. The minimum Gasteiger partial charge on any atom is -0.495 e. The van der Waals surface area contributed by atoms with Gasteiger partial charge in [0.25, 0.3) is 0 Å². The zero-order valence-electron chi connectivity index (χ0n) is 11.5. The Bertz CT molecular complexity index is 490. The third kappa shape index (κ3) is 3.71. The van der Waals surface area contributed by atoms with Crippen LogP contribution in [0.3, 0.4) is 0 Å². The highest BCUT2D eigenvalue weighted by atomic mass is 16.5. The first kappa shape index (κ1) is 14.3. The van der Waals surface area contributed by atoms with Gasteiger partial charge < -0.3 is 20.3 Å². The van der Waals surface area contributed by atoms with E-state index in [4.69, 9.17) is 4.74 Å². The normalized spacial score (nSPS) is 15.7. The SMILES string of the molecule is COc1ccccc1NC(=O)CN1CCCNCC1=O. The first-order valence-corrected chi connectivity index (χ1v) is 6.62. The van der Waals surface area contributed by atoms with Gasteiger partial charge in [-0.1, -0.05) is 12.1 Å². The molecule has 2 rings (SSSR count). The summed E-state index contributed by atoms with van der Waals surface area (Å²) >= 11 is 0. The largest absolute Gasteiger partial charge is 0.495 e. The molecule has 0 atom stereocenters. The Labute approximate surface area is 118 Å². The molecule has 2 amide bonds. The number of amides is 2. The Morgan fingerprint density at radius 1 is 1.45 bits per heavy atom. The van der Waals surface area contributed by atoms with Gasteiger partial charge in [-0.3, -0.25) is 9.59 Å². The lowest BCUT2D eigenvalue weighted by Gasteiger charge is -2.19. The standard InChI is InChI=1S/C14H19N3O3/c1-20-12-6-3-2-5-11(12)16-13(18)10-17-8-4-7-15-9-14(17)19/h2-3,5-6,15H,4,7-10H2,1H3,(H,16,18). The van der Waals surface area contributed by atoms with Crippen LogP contribution in [0.15, 0.2) is 24.3 Å². The highest BCUT2D eigenvalue weighted by molar-refractivity contribution is 5.95. The van der Waals surface area contributed by atoms with Crippen LogP contribution in [-0.2, 0) is 9.59 Å². The summed E-state index contributed by atoms with van der Waals surface area (Å²) < 4.78 is 5.17. The smallest absolute Gasteiger partial charge is 0.244 e. The molecule has 0 aromatic heterocycles. The molecule has 2 N–H and O–H groups in total. The predicted octanol–water partition coefficient (Wildman–Crippen LogP) is 0.456. The van der Waals surface area contributed by atoms with Crippen LogP contribution in [-0.4, -0.2) is 50.0 Å². The number of benzene rings is 1. The summed E-state index contributed by atoms with van der Waals surface area (Å²) in [6.07, 6.45) is 0.855. The second-order valence-corrected chi connectivity index (χ2v) is 4.59. The summed E-state index contributed by atoms with van der Waals surface area (Å²) in [7, 11) is 1.55. The Morgan fingerprint density at radius 2 is 2.25 bits per heavy atom. The minimum atomic E-state index is -0.218. The van der Waals surface area contributed by atoms with Crippen molar-refractivity contribution >= 4 is 17.5 Å². The van der Waals surface area contributed by atoms with E-state index in [1.807, 2.05) is 12.1 Å². The molecule has 0 spiro atoms. The van der Waals surface area contributed by atoms with Crippen molar-refractivity contribution in [3.63, 3.8) is 0 Å². The first-order valence-electron chi connectivity index (χ1n) is 6.62. The van der Waals surface area contributed by atoms with Crippen LogP contribution in [0.5, 0.6) is 5.75 Å². The van der Waals surface area contributed by atoms with E-state index in [9.17, 15) is 9.59 Å². The number of para-hydroxylation sites is 2. The summed E-state index contributed by atoms with van der Waals surface area (Å²) in [6.45, 7) is 1.77. The Balaban J connectivity index is 1.96. The quantitative estimate of drug-likeness (QED) is 0.838. The third-order valence-corrected chi connectivity index (χ3v) is 3.13. The molecule has 1 aromatic carbocycles. The van der Waals surface area contributed by atoms with E-state index in [1.165, 1.54) is 0 Å². The van der Waals surface area contributed by atoms with E-state index >= 15 is 0 Å². The van der Waals surface area contributed by atoms with E-state index < -0.39 is 0 Å². The first-order chi connectivity index (χ1) is 9.70. The fourth-order valence-electron chi connectivity index (χ4n) is 2.10. The van der Waals surface area contributed by atoms with Crippen molar-refractivity contribution < 1.29 is 14.3 Å². The molecule has 1 aromatic rings. The van der Waals surface area contributed by atoms with Crippen molar-refractivity contribution in [2.45, 2.75) is 6.42 Å². The lowest BCUT2D eigenvalue weighted by molar-refractivity contribution is -0.133. The molecule has 1 fully saturated rings. The number of anilines is 1. The average molecular weight is 277 g/mol. The lowest BCUT2D eigenvalue weighted by Crippen LogP contribution is -2.40. The number of hydrogen-bond acceptors (Lipinski definition) is 4. The van der Waals surface area contributed by atoms with E-state index in [0.29, 0.717) is 24.5 Å². The molecule has 1 aliphatic heterocycles. The topological polar surface area (TPSA) is 70.7 Å². The van der Waals surface area contributed by atoms with Crippen molar-refractivity contribution in [3.05, 3.63) is 24.3 Å². The molecular weight excluding hydrogens is 258 g/mol. The van der Waals surface area contributed by atoms with Crippen molar-refractivity contribution in [3.8, 4) is 5.75 Å². The Morgan fingerprint density at radius 3 is 3.05 bits per heavy atom. The number of methoxy groups -OCH3 is 1. The summed E-state index contributed by atoms with van der Waals surface area (Å²) in [5.41, 5.74) is 0.611. The zero-order chi connectivity index (χ0) is 14.4. The monoisotopic (exact) mass is 277 g/mol. The zero-order valence-corrected chi connectivity index (χ0v) is 11.5. The van der Waals surface area contributed by atoms with Crippen LogP contribution < -0.4 is 15.4 Å².